The molecule has 0 aromatic carbocycles. The van der Waals surface area contributed by atoms with E-state index in [9.17, 15) is 0 Å². The SMILES string of the molecule is CCCCCCCCCCCCC[CH]OCCCCCCCC. The van der Waals surface area contributed by atoms with Crippen LogP contribution in [0.1, 0.15) is 129 Å². The van der Waals surface area contributed by atoms with Crippen LogP contribution in [0.5, 0.6) is 0 Å². The molecule has 0 heterocycles. The number of unbranched alkanes of at least 4 members (excludes halogenated alkanes) is 16. The normalized spacial score (nSPS) is 11.2. The minimum absolute atomic E-state index is 0.935. The summed E-state index contributed by atoms with van der Waals surface area (Å²) in [6, 6.07) is 0. The molecular weight excluding hydrogens is 280 g/mol. The summed E-state index contributed by atoms with van der Waals surface area (Å²) in [4.78, 5) is 0. The molecule has 0 atom stereocenters. The average Bonchev–Trinajstić information content (AvgIpc) is 2.57. The minimum atomic E-state index is 0.935. The molecule has 1 radical (unpaired) electrons. The van der Waals surface area contributed by atoms with Gasteiger partial charge in [-0.1, -0.05) is 117 Å². The predicted octanol–water partition coefficient (Wildman–Crippen LogP) is 8.23. The van der Waals surface area contributed by atoms with Crippen LogP contribution in [0.3, 0.4) is 0 Å². The molecule has 0 aromatic heterocycles. The fourth-order valence-corrected chi connectivity index (χ4v) is 3.02. The van der Waals surface area contributed by atoms with Gasteiger partial charge in [0.1, 0.15) is 0 Å². The standard InChI is InChI=1S/C22H45O/c1-3-5-7-9-11-12-13-14-15-16-18-20-22-23-21-19-17-10-8-6-4-2/h22H,3-21H2,1-2H3. The van der Waals surface area contributed by atoms with Gasteiger partial charge in [-0.25, -0.2) is 0 Å². The van der Waals surface area contributed by atoms with Gasteiger partial charge in [0.25, 0.3) is 0 Å². The highest BCUT2D eigenvalue weighted by Crippen LogP contribution is 2.12. The molecule has 0 N–H and O–H groups in total. The molecule has 139 valence electrons. The monoisotopic (exact) mass is 325 g/mol. The molecule has 0 saturated carbocycles. The third-order valence-electron chi connectivity index (χ3n) is 4.66. The Kier molecular flexibility index (Phi) is 21.9. The fourth-order valence-electron chi connectivity index (χ4n) is 3.02. The van der Waals surface area contributed by atoms with Crippen LogP contribution in [0.25, 0.3) is 0 Å². The van der Waals surface area contributed by atoms with Crippen LogP contribution in [-0.4, -0.2) is 6.61 Å². The molecule has 1 nitrogen and oxygen atoms in total. The van der Waals surface area contributed by atoms with E-state index in [1.54, 1.807) is 0 Å². The smallest absolute Gasteiger partial charge is 0.0836 e. The number of rotatable bonds is 20. The highest BCUT2D eigenvalue weighted by Gasteiger charge is 1.95. The summed E-state index contributed by atoms with van der Waals surface area (Å²) >= 11 is 0. The topological polar surface area (TPSA) is 9.23 Å². The molecule has 0 aliphatic heterocycles. The fraction of sp³-hybridized carbons (Fsp3) is 0.955. The van der Waals surface area contributed by atoms with E-state index in [0.717, 1.165) is 13.0 Å². The maximum Gasteiger partial charge on any atom is 0.0836 e. The van der Waals surface area contributed by atoms with Crippen molar-refractivity contribution in [2.24, 2.45) is 0 Å². The Balaban J connectivity index is 2.92. The molecule has 1 heteroatoms. The van der Waals surface area contributed by atoms with Crippen LogP contribution in [0, 0.1) is 6.61 Å². The summed E-state index contributed by atoms with van der Waals surface area (Å²) < 4.78 is 5.61. The number of hydrogen-bond acceptors (Lipinski definition) is 1. The number of ether oxygens (including phenoxy) is 1. The first-order chi connectivity index (χ1) is 11.4. The molecule has 0 bridgehead atoms. The van der Waals surface area contributed by atoms with Crippen molar-refractivity contribution in [2.45, 2.75) is 129 Å². The van der Waals surface area contributed by atoms with E-state index in [4.69, 9.17) is 4.74 Å². The lowest BCUT2D eigenvalue weighted by molar-refractivity contribution is 0.183. The van der Waals surface area contributed by atoms with E-state index in [1.165, 1.54) is 109 Å². The largest absolute Gasteiger partial charge is 0.376 e. The second kappa shape index (κ2) is 22.0. The first kappa shape index (κ1) is 23.0. The lowest BCUT2D eigenvalue weighted by atomic mass is 10.1. The van der Waals surface area contributed by atoms with Crippen molar-refractivity contribution in [2.75, 3.05) is 6.61 Å². The molecule has 0 rings (SSSR count). The van der Waals surface area contributed by atoms with Crippen molar-refractivity contribution in [3.8, 4) is 0 Å². The highest BCUT2D eigenvalue weighted by atomic mass is 16.5. The molecular formula is C22H45O. The zero-order chi connectivity index (χ0) is 16.8. The van der Waals surface area contributed by atoms with Crippen molar-refractivity contribution in [3.63, 3.8) is 0 Å². The Morgan fingerprint density at radius 1 is 0.478 bits per heavy atom. The Morgan fingerprint density at radius 3 is 1.35 bits per heavy atom. The average molecular weight is 326 g/mol. The van der Waals surface area contributed by atoms with Crippen molar-refractivity contribution in [1.29, 1.82) is 0 Å². The Morgan fingerprint density at radius 2 is 0.870 bits per heavy atom. The predicted molar refractivity (Wildman–Crippen MR) is 105 cm³/mol. The lowest BCUT2D eigenvalue weighted by Crippen LogP contribution is -1.92. The van der Waals surface area contributed by atoms with E-state index < -0.39 is 0 Å². The molecule has 0 spiro atoms. The summed E-state index contributed by atoms with van der Waals surface area (Å²) in [5, 5.41) is 0. The molecule has 0 fully saturated rings. The first-order valence-electron chi connectivity index (χ1n) is 10.8. The van der Waals surface area contributed by atoms with Gasteiger partial charge in [-0.05, 0) is 12.8 Å². The van der Waals surface area contributed by atoms with Gasteiger partial charge in [0.2, 0.25) is 0 Å². The molecule has 0 unspecified atom stereocenters. The maximum absolute atomic E-state index is 5.61. The van der Waals surface area contributed by atoms with Crippen molar-refractivity contribution in [1.82, 2.24) is 0 Å². The van der Waals surface area contributed by atoms with Gasteiger partial charge < -0.3 is 4.74 Å². The molecule has 0 aromatic rings. The van der Waals surface area contributed by atoms with Gasteiger partial charge in [0, 0.05) is 6.61 Å². The first-order valence-corrected chi connectivity index (χ1v) is 10.8. The van der Waals surface area contributed by atoms with Crippen LogP contribution < -0.4 is 0 Å². The van der Waals surface area contributed by atoms with Gasteiger partial charge in [-0.2, -0.15) is 0 Å². The lowest BCUT2D eigenvalue weighted by Gasteiger charge is -2.04. The zero-order valence-electron chi connectivity index (χ0n) is 16.4. The summed E-state index contributed by atoms with van der Waals surface area (Å²) in [6.07, 6.45) is 24.8. The molecule has 0 amide bonds. The summed E-state index contributed by atoms with van der Waals surface area (Å²) in [7, 11) is 0. The zero-order valence-corrected chi connectivity index (χ0v) is 16.4. The van der Waals surface area contributed by atoms with Gasteiger partial charge in [0.15, 0.2) is 0 Å². The Hall–Kier alpha value is -0.0400. The van der Waals surface area contributed by atoms with E-state index in [-0.39, 0.29) is 0 Å². The summed E-state index contributed by atoms with van der Waals surface area (Å²) in [5.41, 5.74) is 0. The summed E-state index contributed by atoms with van der Waals surface area (Å²) in [6.45, 7) is 7.55. The van der Waals surface area contributed by atoms with Crippen LogP contribution in [-0.2, 0) is 4.74 Å². The van der Waals surface area contributed by atoms with Gasteiger partial charge >= 0.3 is 0 Å². The van der Waals surface area contributed by atoms with Crippen LogP contribution in [0.15, 0.2) is 0 Å². The van der Waals surface area contributed by atoms with Crippen molar-refractivity contribution < 1.29 is 4.74 Å². The van der Waals surface area contributed by atoms with E-state index >= 15 is 0 Å². The maximum atomic E-state index is 5.61. The highest BCUT2D eigenvalue weighted by molar-refractivity contribution is 4.54. The molecule has 0 aliphatic carbocycles. The van der Waals surface area contributed by atoms with E-state index in [2.05, 4.69) is 20.5 Å². The van der Waals surface area contributed by atoms with Gasteiger partial charge in [-0.15, -0.1) is 0 Å². The Bertz CT molecular complexity index is 170. The van der Waals surface area contributed by atoms with Gasteiger partial charge in [0.05, 0.1) is 6.61 Å². The van der Waals surface area contributed by atoms with Crippen LogP contribution >= 0.6 is 0 Å². The second-order valence-corrected chi connectivity index (χ2v) is 7.13. The quantitative estimate of drug-likeness (QED) is 0.205. The van der Waals surface area contributed by atoms with Crippen LogP contribution in [0.2, 0.25) is 0 Å². The van der Waals surface area contributed by atoms with Crippen molar-refractivity contribution in [3.05, 3.63) is 6.61 Å². The molecule has 0 aliphatic rings. The number of hydrogen-bond donors (Lipinski definition) is 0. The van der Waals surface area contributed by atoms with E-state index in [0.29, 0.717) is 0 Å². The Labute approximate surface area is 148 Å². The third-order valence-corrected chi connectivity index (χ3v) is 4.66. The minimum Gasteiger partial charge on any atom is -0.376 e. The second-order valence-electron chi connectivity index (χ2n) is 7.13. The van der Waals surface area contributed by atoms with E-state index in [1.807, 2.05) is 0 Å². The van der Waals surface area contributed by atoms with Crippen LogP contribution in [0.4, 0.5) is 0 Å². The van der Waals surface area contributed by atoms with Crippen molar-refractivity contribution >= 4 is 0 Å². The van der Waals surface area contributed by atoms with Gasteiger partial charge in [-0.3, -0.25) is 0 Å². The molecule has 0 saturated heterocycles. The molecule has 23 heavy (non-hydrogen) atoms. The third kappa shape index (κ3) is 22.0. The summed E-state index contributed by atoms with van der Waals surface area (Å²) in [5.74, 6) is 0.